The zero-order chi connectivity index (χ0) is 25.2. The highest BCUT2D eigenvalue weighted by Crippen LogP contribution is 2.34. The summed E-state index contributed by atoms with van der Waals surface area (Å²) in [6.07, 6.45) is 2.05. The van der Waals surface area contributed by atoms with Crippen LogP contribution in [0.3, 0.4) is 0 Å². The number of likely N-dealkylation sites (N-methyl/N-ethyl adjacent to an activating group) is 1. The standard InChI is InChI=1S/C28H28N4O4/c1-18-8-6-9-19(2)28(18)29-26(33)16-31(3)17-27(34)32-22(24-12-7-13-35-24)15-21(30-32)25-14-20-10-4-5-11-23(20)36-25/h4-14,22H,15-17H2,1-3H3,(H,29,33). The summed E-state index contributed by atoms with van der Waals surface area (Å²) in [7, 11) is 1.74. The van der Waals surface area contributed by atoms with Crippen LogP contribution < -0.4 is 5.32 Å². The molecule has 3 heterocycles. The minimum Gasteiger partial charge on any atom is -0.467 e. The number of furan rings is 2. The Morgan fingerprint density at radius 3 is 2.56 bits per heavy atom. The van der Waals surface area contributed by atoms with Gasteiger partial charge in [-0.25, -0.2) is 5.01 Å². The van der Waals surface area contributed by atoms with E-state index in [4.69, 9.17) is 8.83 Å². The smallest absolute Gasteiger partial charge is 0.257 e. The third-order valence-electron chi connectivity index (χ3n) is 6.31. The summed E-state index contributed by atoms with van der Waals surface area (Å²) < 4.78 is 11.6. The van der Waals surface area contributed by atoms with Gasteiger partial charge in [-0.2, -0.15) is 5.10 Å². The molecular formula is C28H28N4O4. The van der Waals surface area contributed by atoms with E-state index in [1.165, 1.54) is 5.01 Å². The van der Waals surface area contributed by atoms with Crippen LogP contribution in [0.5, 0.6) is 0 Å². The summed E-state index contributed by atoms with van der Waals surface area (Å²) >= 11 is 0. The van der Waals surface area contributed by atoms with Gasteiger partial charge in [0.1, 0.15) is 23.1 Å². The number of hydrazone groups is 1. The topological polar surface area (TPSA) is 91.3 Å². The number of amides is 2. The number of nitrogens with one attached hydrogen (secondary N) is 1. The maximum atomic E-state index is 13.3. The highest BCUT2D eigenvalue weighted by molar-refractivity contribution is 6.03. The molecule has 1 N–H and O–H groups in total. The predicted molar refractivity (Wildman–Crippen MR) is 138 cm³/mol. The van der Waals surface area contributed by atoms with Crippen LogP contribution in [0.1, 0.15) is 35.1 Å². The number of hydrogen-bond donors (Lipinski definition) is 1. The molecule has 2 aromatic carbocycles. The van der Waals surface area contributed by atoms with Gasteiger partial charge in [-0.1, -0.05) is 36.4 Å². The van der Waals surface area contributed by atoms with E-state index in [-0.39, 0.29) is 30.9 Å². The number of para-hydroxylation sites is 2. The first-order valence-corrected chi connectivity index (χ1v) is 11.9. The van der Waals surface area contributed by atoms with Gasteiger partial charge in [0.15, 0.2) is 5.76 Å². The van der Waals surface area contributed by atoms with Crippen LogP contribution in [0.15, 0.2) is 80.9 Å². The second kappa shape index (κ2) is 9.83. The molecular weight excluding hydrogens is 456 g/mol. The Balaban J connectivity index is 1.30. The molecule has 4 aromatic rings. The number of carbonyl (C=O) groups is 2. The van der Waals surface area contributed by atoms with E-state index in [9.17, 15) is 9.59 Å². The fraction of sp³-hybridized carbons (Fsp3) is 0.250. The zero-order valence-electron chi connectivity index (χ0n) is 20.5. The number of rotatable bonds is 7. The van der Waals surface area contributed by atoms with Gasteiger partial charge in [0.05, 0.1) is 19.4 Å². The van der Waals surface area contributed by atoms with Gasteiger partial charge in [0.25, 0.3) is 5.91 Å². The molecule has 1 atom stereocenters. The lowest BCUT2D eigenvalue weighted by Crippen LogP contribution is -2.39. The highest BCUT2D eigenvalue weighted by Gasteiger charge is 2.36. The molecule has 184 valence electrons. The molecule has 8 nitrogen and oxygen atoms in total. The van der Waals surface area contributed by atoms with Gasteiger partial charge in [-0.15, -0.1) is 0 Å². The third kappa shape index (κ3) is 4.81. The van der Waals surface area contributed by atoms with Gasteiger partial charge in [-0.3, -0.25) is 14.5 Å². The molecule has 1 aliphatic heterocycles. The first-order chi connectivity index (χ1) is 17.4. The van der Waals surface area contributed by atoms with Crippen molar-refractivity contribution in [3.05, 3.63) is 89.6 Å². The van der Waals surface area contributed by atoms with Crippen molar-refractivity contribution in [2.75, 3.05) is 25.5 Å². The Hall–Kier alpha value is -4.17. The first-order valence-electron chi connectivity index (χ1n) is 11.9. The van der Waals surface area contributed by atoms with Crippen LogP contribution in [-0.2, 0) is 9.59 Å². The van der Waals surface area contributed by atoms with E-state index >= 15 is 0 Å². The van der Waals surface area contributed by atoms with Gasteiger partial charge in [-0.05, 0) is 56.3 Å². The zero-order valence-corrected chi connectivity index (χ0v) is 20.5. The molecule has 0 saturated heterocycles. The van der Waals surface area contributed by atoms with Crippen LogP contribution >= 0.6 is 0 Å². The Morgan fingerprint density at radius 1 is 1.06 bits per heavy atom. The quantitative estimate of drug-likeness (QED) is 0.403. The Morgan fingerprint density at radius 2 is 1.83 bits per heavy atom. The SMILES string of the molecule is Cc1cccc(C)c1NC(=O)CN(C)CC(=O)N1N=C(c2cc3ccccc3o2)CC1c1ccco1. The number of nitrogens with zero attached hydrogens (tertiary/aromatic N) is 3. The summed E-state index contributed by atoms with van der Waals surface area (Å²) in [6.45, 7) is 4.00. The number of hydrogen-bond acceptors (Lipinski definition) is 6. The molecule has 2 aromatic heterocycles. The molecule has 0 saturated carbocycles. The Bertz CT molecular complexity index is 1380. The fourth-order valence-corrected chi connectivity index (χ4v) is 4.51. The predicted octanol–water partition coefficient (Wildman–Crippen LogP) is 4.89. The van der Waals surface area contributed by atoms with Gasteiger partial charge < -0.3 is 14.2 Å². The maximum absolute atomic E-state index is 13.3. The maximum Gasteiger partial charge on any atom is 0.257 e. The molecule has 0 spiro atoms. The number of aryl methyl sites for hydroxylation is 2. The van der Waals surface area contributed by atoms with E-state index in [2.05, 4.69) is 10.4 Å². The third-order valence-corrected chi connectivity index (χ3v) is 6.31. The minimum absolute atomic E-state index is 0.0221. The molecule has 1 aliphatic rings. The molecule has 8 heteroatoms. The fourth-order valence-electron chi connectivity index (χ4n) is 4.51. The van der Waals surface area contributed by atoms with Crippen LogP contribution in [0.2, 0.25) is 0 Å². The summed E-state index contributed by atoms with van der Waals surface area (Å²) in [6, 6.07) is 18.8. The van der Waals surface area contributed by atoms with Crippen molar-refractivity contribution in [3.8, 4) is 0 Å². The van der Waals surface area contributed by atoms with Crippen LogP contribution in [0.25, 0.3) is 11.0 Å². The molecule has 0 bridgehead atoms. The van der Waals surface area contributed by atoms with Gasteiger partial charge >= 0.3 is 0 Å². The van der Waals surface area contributed by atoms with Crippen molar-refractivity contribution in [1.82, 2.24) is 9.91 Å². The van der Waals surface area contributed by atoms with Crippen molar-refractivity contribution >= 4 is 34.2 Å². The summed E-state index contributed by atoms with van der Waals surface area (Å²) in [4.78, 5) is 27.7. The Labute approximate surface area is 209 Å². The first kappa shape index (κ1) is 23.6. The van der Waals surface area contributed by atoms with E-state index in [0.717, 1.165) is 27.8 Å². The van der Waals surface area contributed by atoms with Crippen molar-refractivity contribution in [3.63, 3.8) is 0 Å². The largest absolute Gasteiger partial charge is 0.467 e. The number of anilines is 1. The van der Waals surface area contributed by atoms with E-state index in [0.29, 0.717) is 23.7 Å². The van der Waals surface area contributed by atoms with Gasteiger partial charge in [0, 0.05) is 17.5 Å². The van der Waals surface area contributed by atoms with E-state index < -0.39 is 0 Å². The summed E-state index contributed by atoms with van der Waals surface area (Å²) in [5.74, 6) is 0.862. The van der Waals surface area contributed by atoms with Crippen molar-refractivity contribution < 1.29 is 18.4 Å². The average molecular weight is 485 g/mol. The lowest BCUT2D eigenvalue weighted by Gasteiger charge is -2.23. The second-order valence-corrected chi connectivity index (χ2v) is 9.16. The lowest BCUT2D eigenvalue weighted by molar-refractivity contribution is -0.134. The molecule has 36 heavy (non-hydrogen) atoms. The molecule has 0 radical (unpaired) electrons. The second-order valence-electron chi connectivity index (χ2n) is 9.16. The summed E-state index contributed by atoms with van der Waals surface area (Å²) in [5.41, 5.74) is 4.24. The Kier molecular flexibility index (Phi) is 6.43. The van der Waals surface area contributed by atoms with Crippen molar-refractivity contribution in [2.45, 2.75) is 26.3 Å². The monoisotopic (exact) mass is 484 g/mol. The molecule has 2 amide bonds. The van der Waals surface area contributed by atoms with Gasteiger partial charge in [0.2, 0.25) is 5.91 Å². The number of fused-ring (bicyclic) bond motifs is 1. The average Bonchev–Trinajstić information content (AvgIpc) is 3.60. The summed E-state index contributed by atoms with van der Waals surface area (Å²) in [5, 5.41) is 10.0. The van der Waals surface area contributed by atoms with Crippen LogP contribution in [-0.4, -0.2) is 47.6 Å². The lowest BCUT2D eigenvalue weighted by atomic mass is 10.1. The molecule has 5 rings (SSSR count). The molecule has 1 unspecified atom stereocenters. The van der Waals surface area contributed by atoms with Crippen molar-refractivity contribution in [2.24, 2.45) is 5.10 Å². The minimum atomic E-state index is -0.382. The number of carbonyl (C=O) groups excluding carboxylic acids is 2. The van der Waals surface area contributed by atoms with E-state index in [1.54, 1.807) is 24.3 Å². The van der Waals surface area contributed by atoms with E-state index in [1.807, 2.05) is 68.4 Å². The highest BCUT2D eigenvalue weighted by atomic mass is 16.3. The van der Waals surface area contributed by atoms with Crippen LogP contribution in [0.4, 0.5) is 5.69 Å². The molecule has 0 aliphatic carbocycles. The van der Waals surface area contributed by atoms with Crippen molar-refractivity contribution in [1.29, 1.82) is 0 Å². The number of benzene rings is 2. The molecule has 0 fully saturated rings. The normalized spacial score (nSPS) is 15.5. The van der Waals surface area contributed by atoms with Crippen LogP contribution in [0, 0.1) is 13.8 Å².